The largest absolute Gasteiger partial charge is 0.466 e. The van der Waals surface area contributed by atoms with Gasteiger partial charge in [-0.05, 0) is 26.2 Å². The molecule has 0 unspecified atom stereocenters. The van der Waals surface area contributed by atoms with Crippen LogP contribution in [0.15, 0.2) is 12.7 Å². The fourth-order valence-electron chi connectivity index (χ4n) is 1.63. The maximum absolute atomic E-state index is 10.8. The van der Waals surface area contributed by atoms with Crippen LogP contribution in [-0.4, -0.2) is 18.4 Å². The van der Waals surface area contributed by atoms with Crippen LogP contribution in [0.2, 0.25) is 0 Å². The minimum Gasteiger partial charge on any atom is -0.466 e. The van der Waals surface area contributed by atoms with Crippen molar-refractivity contribution in [2.24, 2.45) is 0 Å². The van der Waals surface area contributed by atoms with E-state index in [1.54, 1.807) is 6.92 Å². The zero-order valence-corrected chi connectivity index (χ0v) is 13.6. The lowest BCUT2D eigenvalue weighted by atomic mass is 10.1. The Kier molecular flexibility index (Phi) is 18.9. The fraction of sp³-hybridized carbons (Fsp3) is 0.765. The van der Waals surface area contributed by atoms with Crippen LogP contribution in [0.25, 0.3) is 0 Å². The first-order valence-electron chi connectivity index (χ1n) is 7.90. The van der Waals surface area contributed by atoms with Crippen molar-refractivity contribution in [3.63, 3.8) is 0 Å². The van der Waals surface area contributed by atoms with Crippen LogP contribution < -0.4 is 0 Å². The second-order valence-corrected chi connectivity index (χ2v) is 4.76. The normalized spacial score (nSPS) is 9.35. The number of hydrogen-bond acceptors (Lipinski definition) is 3. The van der Waals surface area contributed by atoms with Gasteiger partial charge in [-0.1, -0.05) is 45.6 Å². The molecule has 118 valence electrons. The van der Waals surface area contributed by atoms with E-state index in [1.807, 2.05) is 13.0 Å². The molecule has 20 heavy (non-hydrogen) atoms. The van der Waals surface area contributed by atoms with E-state index in [9.17, 15) is 9.59 Å². The molecule has 3 heteroatoms. The lowest BCUT2D eigenvalue weighted by Crippen LogP contribution is -2.10. The van der Waals surface area contributed by atoms with Gasteiger partial charge in [-0.15, -0.1) is 6.58 Å². The van der Waals surface area contributed by atoms with E-state index < -0.39 is 5.97 Å². The summed E-state index contributed by atoms with van der Waals surface area (Å²) in [5.41, 5.74) is 0. The highest BCUT2D eigenvalue weighted by Crippen LogP contribution is 2.04. The van der Waals surface area contributed by atoms with E-state index in [0.29, 0.717) is 13.0 Å². The molecule has 0 aromatic rings. The zero-order valence-electron chi connectivity index (χ0n) is 13.6. The van der Waals surface area contributed by atoms with Crippen molar-refractivity contribution in [2.45, 2.75) is 78.6 Å². The lowest BCUT2D eigenvalue weighted by molar-refractivity contribution is -0.145. The molecule has 0 fully saturated rings. The van der Waals surface area contributed by atoms with Crippen molar-refractivity contribution in [3.05, 3.63) is 12.7 Å². The van der Waals surface area contributed by atoms with E-state index >= 15 is 0 Å². The van der Waals surface area contributed by atoms with Crippen LogP contribution in [0.1, 0.15) is 78.6 Å². The molecule has 0 radical (unpaired) electrons. The number of ketones is 1. The van der Waals surface area contributed by atoms with Crippen molar-refractivity contribution < 1.29 is 14.3 Å². The highest BCUT2D eigenvalue weighted by Gasteiger charge is 2.08. The number of rotatable bonds is 11. The minimum atomic E-state index is -0.411. The minimum absolute atomic E-state index is 0.0362. The van der Waals surface area contributed by atoms with Gasteiger partial charge >= 0.3 is 5.97 Å². The molecule has 0 rings (SSSR count). The second-order valence-electron chi connectivity index (χ2n) is 4.76. The van der Waals surface area contributed by atoms with Crippen LogP contribution in [0.3, 0.4) is 0 Å². The van der Waals surface area contributed by atoms with E-state index in [-0.39, 0.29) is 12.2 Å². The Morgan fingerprint density at radius 2 is 1.65 bits per heavy atom. The Balaban J connectivity index is 0. The molecule has 0 saturated heterocycles. The SMILES string of the molecule is C=CCCCCCCC.CCCC(=O)CC(=O)OCC. The van der Waals surface area contributed by atoms with Gasteiger partial charge < -0.3 is 4.74 Å². The third-order valence-electron chi connectivity index (χ3n) is 2.69. The van der Waals surface area contributed by atoms with E-state index in [2.05, 4.69) is 18.2 Å². The smallest absolute Gasteiger partial charge is 0.313 e. The van der Waals surface area contributed by atoms with Gasteiger partial charge in [-0.2, -0.15) is 0 Å². The molecule has 0 atom stereocenters. The predicted molar refractivity (Wildman–Crippen MR) is 84.7 cm³/mol. The van der Waals surface area contributed by atoms with Crippen LogP contribution in [0.4, 0.5) is 0 Å². The molecule has 0 aliphatic carbocycles. The Morgan fingerprint density at radius 1 is 1.00 bits per heavy atom. The highest BCUT2D eigenvalue weighted by atomic mass is 16.5. The lowest BCUT2D eigenvalue weighted by Gasteiger charge is -1.98. The number of ether oxygens (including phenoxy) is 1. The molecular formula is C17H32O3. The Bertz CT molecular complexity index is 231. The Labute approximate surface area is 124 Å². The summed E-state index contributed by atoms with van der Waals surface area (Å²) < 4.78 is 4.60. The molecule has 0 heterocycles. The van der Waals surface area contributed by atoms with Gasteiger partial charge in [0.05, 0.1) is 6.61 Å². The van der Waals surface area contributed by atoms with Gasteiger partial charge in [0.1, 0.15) is 12.2 Å². The Hall–Kier alpha value is -1.12. The molecule has 0 aliphatic rings. The summed E-state index contributed by atoms with van der Waals surface area (Å²) in [5, 5.41) is 0. The van der Waals surface area contributed by atoms with Crippen molar-refractivity contribution >= 4 is 11.8 Å². The zero-order chi connectivity index (χ0) is 15.6. The van der Waals surface area contributed by atoms with E-state index in [4.69, 9.17) is 0 Å². The first kappa shape index (κ1) is 21.2. The molecule has 0 bridgehead atoms. The summed E-state index contributed by atoms with van der Waals surface area (Å²) in [6.45, 7) is 9.90. The summed E-state index contributed by atoms with van der Waals surface area (Å²) in [4.78, 5) is 21.5. The first-order valence-corrected chi connectivity index (χ1v) is 7.90. The molecular weight excluding hydrogens is 252 g/mol. The summed E-state index contributed by atoms with van der Waals surface area (Å²) in [5.74, 6) is -0.447. The molecule has 3 nitrogen and oxygen atoms in total. The predicted octanol–water partition coefficient (Wildman–Crippen LogP) is 4.84. The average molecular weight is 284 g/mol. The number of allylic oxidation sites excluding steroid dienone is 1. The third-order valence-corrected chi connectivity index (χ3v) is 2.69. The molecule has 0 aromatic carbocycles. The number of esters is 1. The van der Waals surface area contributed by atoms with Crippen LogP contribution in [0.5, 0.6) is 0 Å². The van der Waals surface area contributed by atoms with Crippen molar-refractivity contribution in [3.8, 4) is 0 Å². The van der Waals surface area contributed by atoms with Crippen molar-refractivity contribution in [1.29, 1.82) is 0 Å². The highest BCUT2D eigenvalue weighted by molar-refractivity contribution is 5.95. The molecule has 0 aromatic heterocycles. The van der Waals surface area contributed by atoms with Gasteiger partial charge in [-0.25, -0.2) is 0 Å². The fourth-order valence-corrected chi connectivity index (χ4v) is 1.63. The average Bonchev–Trinajstić information content (AvgIpc) is 2.40. The quantitative estimate of drug-likeness (QED) is 0.236. The monoisotopic (exact) mass is 284 g/mol. The molecule has 0 amide bonds. The van der Waals surface area contributed by atoms with Crippen LogP contribution >= 0.6 is 0 Å². The summed E-state index contributed by atoms with van der Waals surface area (Å²) in [6.07, 6.45) is 11.3. The van der Waals surface area contributed by atoms with Crippen molar-refractivity contribution in [2.75, 3.05) is 6.61 Å². The number of carbonyl (C=O) groups is 2. The van der Waals surface area contributed by atoms with Crippen LogP contribution in [-0.2, 0) is 14.3 Å². The standard InChI is InChI=1S/C9H18.C8H14O3/c1-3-5-7-9-8-6-4-2;1-3-5-7(9)6-8(10)11-4-2/h3H,1,4-9H2,2H3;3-6H2,1-2H3. The van der Waals surface area contributed by atoms with E-state index in [1.165, 1.54) is 38.5 Å². The second kappa shape index (κ2) is 17.9. The molecule has 0 N–H and O–H groups in total. The van der Waals surface area contributed by atoms with Gasteiger partial charge in [0.15, 0.2) is 0 Å². The van der Waals surface area contributed by atoms with Gasteiger partial charge in [0.2, 0.25) is 0 Å². The molecule has 0 saturated carbocycles. The number of carbonyl (C=O) groups excluding carboxylic acids is 2. The van der Waals surface area contributed by atoms with Crippen LogP contribution in [0, 0.1) is 0 Å². The maximum Gasteiger partial charge on any atom is 0.313 e. The summed E-state index contributed by atoms with van der Waals surface area (Å²) >= 11 is 0. The third kappa shape index (κ3) is 19.2. The number of unbranched alkanes of at least 4 members (excludes halogenated alkanes) is 5. The maximum atomic E-state index is 10.8. The number of hydrogen-bond donors (Lipinski definition) is 0. The van der Waals surface area contributed by atoms with Crippen molar-refractivity contribution in [1.82, 2.24) is 0 Å². The molecule has 0 spiro atoms. The van der Waals surface area contributed by atoms with Gasteiger partial charge in [0, 0.05) is 6.42 Å². The summed E-state index contributed by atoms with van der Waals surface area (Å²) in [6, 6.07) is 0. The topological polar surface area (TPSA) is 43.4 Å². The number of Topliss-reactive ketones (excluding diaryl/α,β-unsaturated/α-hetero) is 1. The molecule has 0 aliphatic heterocycles. The van der Waals surface area contributed by atoms with E-state index in [0.717, 1.165) is 6.42 Å². The van der Waals surface area contributed by atoms with Gasteiger partial charge in [0.25, 0.3) is 0 Å². The summed E-state index contributed by atoms with van der Waals surface area (Å²) in [7, 11) is 0. The Morgan fingerprint density at radius 3 is 2.15 bits per heavy atom. The van der Waals surface area contributed by atoms with Gasteiger partial charge in [-0.3, -0.25) is 9.59 Å². The first-order chi connectivity index (χ1) is 9.62.